The van der Waals surface area contributed by atoms with E-state index in [1.54, 1.807) is 43.3 Å². The van der Waals surface area contributed by atoms with Gasteiger partial charge in [0.15, 0.2) is 5.78 Å². The Hall–Kier alpha value is -2.01. The van der Waals surface area contributed by atoms with Gasteiger partial charge in [-0.2, -0.15) is 0 Å². The highest BCUT2D eigenvalue weighted by Crippen LogP contribution is 2.20. The molecule has 5 heteroatoms. The highest BCUT2D eigenvalue weighted by Gasteiger charge is 2.19. The third-order valence-corrected chi connectivity index (χ3v) is 3.78. The van der Waals surface area contributed by atoms with Gasteiger partial charge in [0.1, 0.15) is 5.71 Å². The molecule has 0 aliphatic heterocycles. The van der Waals surface area contributed by atoms with Crippen LogP contribution in [0.2, 0.25) is 0 Å². The van der Waals surface area contributed by atoms with Crippen molar-refractivity contribution in [1.82, 2.24) is 0 Å². The molecule has 0 N–H and O–H groups in total. The second-order valence-electron chi connectivity index (χ2n) is 5.31. The number of benzene rings is 1. The van der Waals surface area contributed by atoms with E-state index in [2.05, 4.69) is 21.1 Å². The van der Waals surface area contributed by atoms with Crippen LogP contribution in [-0.2, 0) is 9.63 Å². The Morgan fingerprint density at radius 1 is 1.18 bits per heavy atom. The average molecular weight is 362 g/mol. The lowest BCUT2D eigenvalue weighted by Gasteiger charge is -2.15. The van der Waals surface area contributed by atoms with Crippen molar-refractivity contribution < 1.29 is 14.4 Å². The van der Waals surface area contributed by atoms with E-state index in [1.807, 2.05) is 13.8 Å². The fourth-order valence-corrected chi connectivity index (χ4v) is 2.22. The Morgan fingerprint density at radius 2 is 1.82 bits per heavy atom. The molecule has 0 fully saturated rings. The van der Waals surface area contributed by atoms with Crippen LogP contribution in [0.1, 0.15) is 31.1 Å². The van der Waals surface area contributed by atoms with Gasteiger partial charge in [-0.25, -0.2) is 4.79 Å². The zero-order valence-electron chi connectivity index (χ0n) is 12.6. The Kier molecular flexibility index (Phi) is 5.08. The molecule has 114 valence electrons. The van der Waals surface area contributed by atoms with E-state index in [0.29, 0.717) is 16.8 Å². The molecule has 0 unspecified atom stereocenters. The zero-order chi connectivity index (χ0) is 16.3. The Bertz CT molecular complexity index is 697. The lowest BCUT2D eigenvalue weighted by atomic mass is 9.90. The van der Waals surface area contributed by atoms with Crippen molar-refractivity contribution >= 4 is 33.4 Å². The molecule has 22 heavy (non-hydrogen) atoms. The lowest BCUT2D eigenvalue weighted by molar-refractivity contribution is -0.111. The fraction of sp³-hybridized carbons (Fsp3) is 0.235. The maximum absolute atomic E-state index is 12.0. The van der Waals surface area contributed by atoms with Gasteiger partial charge in [-0.05, 0) is 60.4 Å². The fourth-order valence-electron chi connectivity index (χ4n) is 1.96. The molecule has 1 aromatic carbocycles. The number of carbonyl (C=O) groups is 2. The van der Waals surface area contributed by atoms with Crippen LogP contribution in [0.4, 0.5) is 0 Å². The van der Waals surface area contributed by atoms with Crippen molar-refractivity contribution in [3.8, 4) is 0 Å². The first-order valence-corrected chi connectivity index (χ1v) is 7.67. The summed E-state index contributed by atoms with van der Waals surface area (Å²) in [4.78, 5) is 28.7. The zero-order valence-corrected chi connectivity index (χ0v) is 14.2. The first-order chi connectivity index (χ1) is 10.4. The molecule has 0 bridgehead atoms. The molecule has 1 aromatic rings. The van der Waals surface area contributed by atoms with E-state index < -0.39 is 5.97 Å². The van der Waals surface area contributed by atoms with Gasteiger partial charge in [-0.15, -0.1) is 0 Å². The second-order valence-corrected chi connectivity index (χ2v) is 6.22. The van der Waals surface area contributed by atoms with Crippen LogP contribution in [0.25, 0.3) is 0 Å². The number of allylic oxidation sites excluding steroid dienone is 4. The number of carbonyl (C=O) groups excluding carboxylic acids is 2. The molecule has 4 nitrogen and oxygen atoms in total. The van der Waals surface area contributed by atoms with Crippen LogP contribution in [0, 0.1) is 5.92 Å². The number of ketones is 1. The van der Waals surface area contributed by atoms with Crippen LogP contribution in [0.3, 0.4) is 0 Å². The molecule has 0 spiro atoms. The summed E-state index contributed by atoms with van der Waals surface area (Å²) >= 11 is 3.31. The lowest BCUT2D eigenvalue weighted by Crippen LogP contribution is -2.16. The summed E-state index contributed by atoms with van der Waals surface area (Å²) in [5.41, 5.74) is 2.26. The molecule has 1 aliphatic rings. The minimum absolute atomic E-state index is 0.0399. The van der Waals surface area contributed by atoms with Crippen LogP contribution in [0.15, 0.2) is 57.2 Å². The standard InChI is InChI=1S/C17H16BrNO3/c1-10(2)14-9-16(20)11(3)8-15(14)19-22-17(21)12-4-6-13(18)7-5-12/h4-10H,1-3H3. The predicted molar refractivity (Wildman–Crippen MR) is 88.7 cm³/mol. The number of nitrogens with zero attached hydrogens (tertiary/aromatic N) is 1. The summed E-state index contributed by atoms with van der Waals surface area (Å²) in [5, 5.41) is 3.93. The molecule has 0 saturated heterocycles. The monoisotopic (exact) mass is 361 g/mol. The minimum atomic E-state index is -0.536. The van der Waals surface area contributed by atoms with E-state index in [1.165, 1.54) is 0 Å². The Morgan fingerprint density at radius 3 is 2.41 bits per heavy atom. The summed E-state index contributed by atoms with van der Waals surface area (Å²) in [6, 6.07) is 6.81. The van der Waals surface area contributed by atoms with Crippen LogP contribution in [0.5, 0.6) is 0 Å². The molecule has 1 aliphatic carbocycles. The Labute approximate surface area is 137 Å². The maximum atomic E-state index is 12.0. The van der Waals surface area contributed by atoms with Crippen molar-refractivity contribution in [2.24, 2.45) is 11.1 Å². The van der Waals surface area contributed by atoms with Crippen LogP contribution in [-0.4, -0.2) is 17.5 Å². The van der Waals surface area contributed by atoms with Gasteiger partial charge >= 0.3 is 5.97 Å². The summed E-state index contributed by atoms with van der Waals surface area (Å²) in [6.45, 7) is 5.63. The van der Waals surface area contributed by atoms with Gasteiger partial charge in [0.2, 0.25) is 0 Å². The second kappa shape index (κ2) is 6.83. The first kappa shape index (κ1) is 16.4. The van der Waals surface area contributed by atoms with E-state index in [0.717, 1.165) is 10.0 Å². The number of rotatable bonds is 3. The highest BCUT2D eigenvalue weighted by atomic mass is 79.9. The molecule has 0 radical (unpaired) electrons. The van der Waals surface area contributed by atoms with Crippen molar-refractivity contribution in [3.63, 3.8) is 0 Å². The van der Waals surface area contributed by atoms with Gasteiger partial charge in [-0.1, -0.05) is 34.9 Å². The van der Waals surface area contributed by atoms with Crippen LogP contribution < -0.4 is 0 Å². The molecular weight excluding hydrogens is 346 g/mol. The van der Waals surface area contributed by atoms with E-state index in [-0.39, 0.29) is 11.7 Å². The Balaban J connectivity index is 2.20. The number of oxime groups is 1. The van der Waals surface area contributed by atoms with Gasteiger partial charge in [-0.3, -0.25) is 4.79 Å². The summed E-state index contributed by atoms with van der Waals surface area (Å²) in [7, 11) is 0. The number of halogens is 1. The van der Waals surface area contributed by atoms with Crippen molar-refractivity contribution in [3.05, 3.63) is 57.6 Å². The molecule has 0 aromatic heterocycles. The third kappa shape index (κ3) is 3.80. The van der Waals surface area contributed by atoms with Crippen molar-refractivity contribution in [1.29, 1.82) is 0 Å². The molecule has 0 saturated carbocycles. The SMILES string of the molecule is CC1=CC(=NOC(=O)c2ccc(Br)cc2)C(C(C)C)=CC1=O. The van der Waals surface area contributed by atoms with Gasteiger partial charge < -0.3 is 4.84 Å². The topological polar surface area (TPSA) is 55.7 Å². The first-order valence-electron chi connectivity index (χ1n) is 6.88. The van der Waals surface area contributed by atoms with E-state index >= 15 is 0 Å². The summed E-state index contributed by atoms with van der Waals surface area (Å²) in [6.07, 6.45) is 3.19. The highest BCUT2D eigenvalue weighted by molar-refractivity contribution is 9.10. The summed E-state index contributed by atoms with van der Waals surface area (Å²) < 4.78 is 0.879. The molecule has 0 heterocycles. The maximum Gasteiger partial charge on any atom is 0.365 e. The third-order valence-electron chi connectivity index (χ3n) is 3.25. The predicted octanol–water partition coefficient (Wildman–Crippen LogP) is 4.07. The van der Waals surface area contributed by atoms with Crippen molar-refractivity contribution in [2.45, 2.75) is 20.8 Å². The summed E-state index contributed by atoms with van der Waals surface area (Å²) in [5.74, 6) is -0.466. The molecule has 2 rings (SSSR count). The number of hydrogen-bond acceptors (Lipinski definition) is 4. The normalized spacial score (nSPS) is 16.6. The molecular formula is C17H16BrNO3. The van der Waals surface area contributed by atoms with Crippen LogP contribution >= 0.6 is 15.9 Å². The van der Waals surface area contributed by atoms with Gasteiger partial charge in [0.05, 0.1) is 5.56 Å². The van der Waals surface area contributed by atoms with E-state index in [4.69, 9.17) is 4.84 Å². The quantitative estimate of drug-likeness (QED) is 0.463. The van der Waals surface area contributed by atoms with Crippen molar-refractivity contribution in [2.75, 3.05) is 0 Å². The molecule has 0 amide bonds. The van der Waals surface area contributed by atoms with E-state index in [9.17, 15) is 9.59 Å². The number of hydrogen-bond donors (Lipinski definition) is 0. The smallest absolute Gasteiger partial charge is 0.312 e. The minimum Gasteiger partial charge on any atom is -0.312 e. The van der Waals surface area contributed by atoms with Gasteiger partial charge in [0.25, 0.3) is 0 Å². The molecule has 0 atom stereocenters. The largest absolute Gasteiger partial charge is 0.365 e. The average Bonchev–Trinajstić information content (AvgIpc) is 2.48. The van der Waals surface area contributed by atoms with Gasteiger partial charge in [0, 0.05) is 4.47 Å².